The number of nitrogens with one attached hydrogen (secondary N) is 2. The lowest BCUT2D eigenvalue weighted by atomic mass is 10.2. The molecule has 0 aromatic carbocycles. The Bertz CT molecular complexity index is 310. The van der Waals surface area contributed by atoms with Crippen LogP contribution in [0.25, 0.3) is 0 Å². The van der Waals surface area contributed by atoms with E-state index in [0.717, 1.165) is 44.2 Å². The van der Waals surface area contributed by atoms with Crippen LogP contribution in [0.15, 0.2) is 6.20 Å². The normalized spacial score (nSPS) is 21.2. The molecule has 2 heterocycles. The Kier molecular flexibility index (Phi) is 4.71. The van der Waals surface area contributed by atoms with Gasteiger partial charge in [-0.1, -0.05) is 0 Å². The Hall–Kier alpha value is -0.490. The number of nitrogens with zero attached hydrogens (tertiary/aromatic N) is 1. The van der Waals surface area contributed by atoms with Gasteiger partial charge in [-0.15, -0.1) is 11.3 Å². The lowest BCUT2D eigenvalue weighted by molar-refractivity contribution is 0.0238. The quantitative estimate of drug-likeness (QED) is 0.753. The van der Waals surface area contributed by atoms with Crippen molar-refractivity contribution in [2.45, 2.75) is 26.0 Å². The maximum Gasteiger partial charge on any atom is 0.0897 e. The molecule has 5 heteroatoms. The van der Waals surface area contributed by atoms with E-state index in [2.05, 4.69) is 15.6 Å². The molecule has 1 atom stereocenters. The van der Waals surface area contributed by atoms with E-state index >= 15 is 0 Å². The molecule has 16 heavy (non-hydrogen) atoms. The van der Waals surface area contributed by atoms with Crippen molar-refractivity contribution >= 4 is 11.3 Å². The summed E-state index contributed by atoms with van der Waals surface area (Å²) in [6.07, 6.45) is 3.40. The predicted octanol–water partition coefficient (Wildman–Crippen LogP) is 0.920. The number of aryl methyl sites for hydroxylation is 1. The molecule has 4 nitrogen and oxygen atoms in total. The van der Waals surface area contributed by atoms with Crippen LogP contribution in [-0.4, -0.2) is 37.3 Å². The first-order valence-electron chi connectivity index (χ1n) is 5.79. The molecule has 0 radical (unpaired) electrons. The van der Waals surface area contributed by atoms with Crippen molar-refractivity contribution in [2.24, 2.45) is 0 Å². The molecule has 1 aromatic rings. The fourth-order valence-corrected chi connectivity index (χ4v) is 2.53. The summed E-state index contributed by atoms with van der Waals surface area (Å²) in [6.45, 7) is 6.79. The average molecular weight is 241 g/mol. The number of hydrogen-bond donors (Lipinski definition) is 2. The summed E-state index contributed by atoms with van der Waals surface area (Å²) < 4.78 is 5.62. The van der Waals surface area contributed by atoms with Gasteiger partial charge in [0, 0.05) is 30.7 Å². The van der Waals surface area contributed by atoms with Gasteiger partial charge in [0.05, 0.1) is 17.7 Å². The third-order valence-corrected chi connectivity index (χ3v) is 3.53. The standard InChI is InChI=1S/C11H19N3OS/c1-9-14-8-11(16-9)7-12-3-2-10-6-13-4-5-15-10/h8,10,12-13H,2-7H2,1H3. The maximum atomic E-state index is 5.62. The zero-order valence-electron chi connectivity index (χ0n) is 9.66. The summed E-state index contributed by atoms with van der Waals surface area (Å²) in [7, 11) is 0. The van der Waals surface area contributed by atoms with Crippen LogP contribution in [0.2, 0.25) is 0 Å². The Morgan fingerprint density at radius 3 is 3.31 bits per heavy atom. The summed E-state index contributed by atoms with van der Waals surface area (Å²) in [6, 6.07) is 0. The lowest BCUT2D eigenvalue weighted by Crippen LogP contribution is -2.39. The molecule has 1 saturated heterocycles. The summed E-state index contributed by atoms with van der Waals surface area (Å²) in [5, 5.41) is 7.90. The highest BCUT2D eigenvalue weighted by Gasteiger charge is 2.12. The van der Waals surface area contributed by atoms with Crippen molar-refractivity contribution in [3.63, 3.8) is 0 Å². The third-order valence-electron chi connectivity index (χ3n) is 2.62. The fourth-order valence-electron chi connectivity index (χ4n) is 1.77. The van der Waals surface area contributed by atoms with Gasteiger partial charge in [0.25, 0.3) is 0 Å². The summed E-state index contributed by atoms with van der Waals surface area (Å²) >= 11 is 1.76. The topological polar surface area (TPSA) is 46.2 Å². The van der Waals surface area contributed by atoms with Crippen molar-refractivity contribution < 1.29 is 4.74 Å². The highest BCUT2D eigenvalue weighted by molar-refractivity contribution is 7.11. The van der Waals surface area contributed by atoms with Gasteiger partial charge in [0.15, 0.2) is 0 Å². The maximum absolute atomic E-state index is 5.62. The minimum atomic E-state index is 0.379. The van der Waals surface area contributed by atoms with Crippen molar-refractivity contribution in [1.29, 1.82) is 0 Å². The van der Waals surface area contributed by atoms with Crippen LogP contribution in [-0.2, 0) is 11.3 Å². The second-order valence-corrected chi connectivity index (χ2v) is 5.33. The molecular weight excluding hydrogens is 222 g/mol. The van der Waals surface area contributed by atoms with Gasteiger partial charge in [-0.25, -0.2) is 4.98 Å². The first-order valence-corrected chi connectivity index (χ1v) is 6.60. The molecule has 0 aliphatic carbocycles. The van der Waals surface area contributed by atoms with Gasteiger partial charge in [0.1, 0.15) is 0 Å². The van der Waals surface area contributed by atoms with Crippen molar-refractivity contribution in [3.8, 4) is 0 Å². The molecular formula is C11H19N3OS. The van der Waals surface area contributed by atoms with Crippen LogP contribution in [0.5, 0.6) is 0 Å². The number of rotatable bonds is 5. The number of hydrogen-bond acceptors (Lipinski definition) is 5. The average Bonchev–Trinajstić information content (AvgIpc) is 2.72. The van der Waals surface area contributed by atoms with Gasteiger partial charge in [-0.05, 0) is 19.9 Å². The smallest absolute Gasteiger partial charge is 0.0897 e. The SMILES string of the molecule is Cc1ncc(CNCCC2CNCCO2)s1. The molecule has 90 valence electrons. The molecule has 1 unspecified atom stereocenters. The van der Waals surface area contributed by atoms with E-state index in [1.807, 2.05) is 13.1 Å². The highest BCUT2D eigenvalue weighted by atomic mass is 32.1. The molecule has 2 rings (SSSR count). The Morgan fingerprint density at radius 1 is 1.69 bits per heavy atom. The van der Waals surface area contributed by atoms with Gasteiger partial charge in [-0.3, -0.25) is 0 Å². The Balaban J connectivity index is 1.57. The zero-order valence-corrected chi connectivity index (χ0v) is 10.5. The second kappa shape index (κ2) is 6.30. The molecule has 0 spiro atoms. The van der Waals surface area contributed by atoms with E-state index in [0.29, 0.717) is 6.10 Å². The van der Waals surface area contributed by atoms with E-state index in [1.54, 1.807) is 11.3 Å². The molecule has 1 aromatic heterocycles. The van der Waals surface area contributed by atoms with Crippen LogP contribution in [0, 0.1) is 6.92 Å². The number of morpholine rings is 1. The highest BCUT2D eigenvalue weighted by Crippen LogP contribution is 2.10. The predicted molar refractivity (Wildman–Crippen MR) is 65.8 cm³/mol. The van der Waals surface area contributed by atoms with E-state index < -0.39 is 0 Å². The van der Waals surface area contributed by atoms with Gasteiger partial charge in [0.2, 0.25) is 0 Å². The number of ether oxygens (including phenoxy) is 1. The van der Waals surface area contributed by atoms with Crippen LogP contribution >= 0.6 is 11.3 Å². The van der Waals surface area contributed by atoms with Crippen LogP contribution in [0.1, 0.15) is 16.3 Å². The first-order chi connectivity index (χ1) is 7.84. The fraction of sp³-hybridized carbons (Fsp3) is 0.727. The van der Waals surface area contributed by atoms with Crippen molar-refractivity contribution in [1.82, 2.24) is 15.6 Å². The summed E-state index contributed by atoms with van der Waals surface area (Å²) in [4.78, 5) is 5.53. The number of aromatic nitrogens is 1. The largest absolute Gasteiger partial charge is 0.376 e. The molecule has 2 N–H and O–H groups in total. The molecule has 0 amide bonds. The summed E-state index contributed by atoms with van der Waals surface area (Å²) in [5.41, 5.74) is 0. The van der Waals surface area contributed by atoms with Gasteiger partial charge in [-0.2, -0.15) is 0 Å². The second-order valence-electron chi connectivity index (χ2n) is 4.01. The number of thiazole rings is 1. The summed E-state index contributed by atoms with van der Waals surface area (Å²) in [5.74, 6) is 0. The monoisotopic (exact) mass is 241 g/mol. The van der Waals surface area contributed by atoms with E-state index in [4.69, 9.17) is 4.74 Å². The molecule has 1 aliphatic rings. The third kappa shape index (κ3) is 3.83. The first kappa shape index (κ1) is 12.0. The molecule has 0 saturated carbocycles. The molecule has 0 bridgehead atoms. The Morgan fingerprint density at radius 2 is 2.62 bits per heavy atom. The minimum Gasteiger partial charge on any atom is -0.376 e. The van der Waals surface area contributed by atoms with Crippen LogP contribution in [0.4, 0.5) is 0 Å². The van der Waals surface area contributed by atoms with Crippen LogP contribution in [0.3, 0.4) is 0 Å². The Labute approximate surface area is 100 Å². The van der Waals surface area contributed by atoms with E-state index in [-0.39, 0.29) is 0 Å². The van der Waals surface area contributed by atoms with E-state index in [1.165, 1.54) is 4.88 Å². The molecule has 1 fully saturated rings. The minimum absolute atomic E-state index is 0.379. The van der Waals surface area contributed by atoms with E-state index in [9.17, 15) is 0 Å². The molecule has 1 aliphatic heterocycles. The van der Waals surface area contributed by atoms with Crippen molar-refractivity contribution in [2.75, 3.05) is 26.2 Å². The lowest BCUT2D eigenvalue weighted by Gasteiger charge is -2.23. The van der Waals surface area contributed by atoms with Gasteiger partial charge < -0.3 is 15.4 Å². The van der Waals surface area contributed by atoms with Gasteiger partial charge >= 0.3 is 0 Å². The van der Waals surface area contributed by atoms with Crippen molar-refractivity contribution in [3.05, 3.63) is 16.1 Å². The zero-order chi connectivity index (χ0) is 11.2. The van der Waals surface area contributed by atoms with Crippen LogP contribution < -0.4 is 10.6 Å².